The number of hydrogen-bond acceptors (Lipinski definition) is 3. The van der Waals surface area contributed by atoms with Crippen molar-refractivity contribution >= 4 is 0 Å². The van der Waals surface area contributed by atoms with E-state index in [-0.39, 0.29) is 0 Å². The summed E-state index contributed by atoms with van der Waals surface area (Å²) in [4.78, 5) is 3.98. The predicted molar refractivity (Wildman–Crippen MR) is 72.9 cm³/mol. The van der Waals surface area contributed by atoms with Crippen molar-refractivity contribution in [2.24, 2.45) is 0 Å². The van der Waals surface area contributed by atoms with Gasteiger partial charge in [0.1, 0.15) is 0 Å². The Morgan fingerprint density at radius 3 is 2.06 bits per heavy atom. The van der Waals surface area contributed by atoms with E-state index in [1.807, 2.05) is 45.9 Å². The fourth-order valence-corrected chi connectivity index (χ4v) is 0.800. The molecule has 1 aromatic heterocycles. The molecule has 17 heavy (non-hydrogen) atoms. The summed E-state index contributed by atoms with van der Waals surface area (Å²) in [5, 5.41) is 8.93. The van der Waals surface area contributed by atoms with Gasteiger partial charge in [0.05, 0.1) is 0 Å². The highest BCUT2D eigenvalue weighted by Crippen LogP contribution is 2.02. The molecule has 0 amide bonds. The minimum absolute atomic E-state index is 0.628. The third kappa shape index (κ3) is 17.7. The lowest BCUT2D eigenvalue weighted by Crippen LogP contribution is -2.23. The zero-order valence-corrected chi connectivity index (χ0v) is 12.0. The van der Waals surface area contributed by atoms with Crippen molar-refractivity contribution in [3.8, 4) is 0 Å². The molecule has 100 valence electrons. The highest BCUT2D eigenvalue weighted by molar-refractivity contribution is 4.99. The molecule has 0 aliphatic carbocycles. The van der Waals surface area contributed by atoms with Crippen molar-refractivity contribution < 1.29 is 9.84 Å². The summed E-state index contributed by atoms with van der Waals surface area (Å²) in [6.07, 6.45) is 2.74. The van der Waals surface area contributed by atoms with Crippen LogP contribution in [0, 0.1) is 6.92 Å². The molecule has 0 fully saturated rings. The van der Waals surface area contributed by atoms with Crippen LogP contribution in [0.1, 0.15) is 46.7 Å². The molecule has 0 radical (unpaired) electrons. The molecule has 0 saturated carbocycles. The van der Waals surface area contributed by atoms with Gasteiger partial charge >= 0.3 is 0 Å². The quantitative estimate of drug-likeness (QED) is 0.823. The summed E-state index contributed by atoms with van der Waals surface area (Å²) in [7, 11) is 0. The van der Waals surface area contributed by atoms with E-state index in [0.29, 0.717) is 6.61 Å². The standard InChI is InChI=1S/C6H7N.C6H14O2.C2H6/c1-6-4-2-3-5-7-6;1-4-5-8-6(2,3)7;1-2/h2-5H,1H3;7H,4-5H2,1-3H3;1-2H3. The first-order chi connectivity index (χ1) is 7.95. The summed E-state index contributed by atoms with van der Waals surface area (Å²) in [6, 6.07) is 5.86. The summed E-state index contributed by atoms with van der Waals surface area (Å²) < 4.78 is 4.93. The summed E-state index contributed by atoms with van der Waals surface area (Å²) >= 11 is 0. The Balaban J connectivity index is 0. The normalized spacial score (nSPS) is 9.59. The van der Waals surface area contributed by atoms with E-state index in [9.17, 15) is 0 Å². The van der Waals surface area contributed by atoms with Gasteiger partial charge in [-0.3, -0.25) is 4.98 Å². The summed E-state index contributed by atoms with van der Waals surface area (Å²) in [6.45, 7) is 11.9. The van der Waals surface area contributed by atoms with Crippen LogP contribution in [-0.4, -0.2) is 22.5 Å². The highest BCUT2D eigenvalue weighted by Gasteiger charge is 2.09. The number of aromatic nitrogens is 1. The van der Waals surface area contributed by atoms with Crippen molar-refractivity contribution in [1.82, 2.24) is 4.98 Å². The van der Waals surface area contributed by atoms with Gasteiger partial charge in [-0.15, -0.1) is 0 Å². The molecule has 1 heterocycles. The van der Waals surface area contributed by atoms with E-state index < -0.39 is 5.79 Å². The van der Waals surface area contributed by atoms with Crippen LogP contribution in [-0.2, 0) is 4.74 Å². The van der Waals surface area contributed by atoms with Crippen molar-refractivity contribution in [3.05, 3.63) is 30.1 Å². The first-order valence-corrected chi connectivity index (χ1v) is 6.19. The SMILES string of the molecule is CC.CCCOC(C)(C)O.Cc1ccccn1. The monoisotopic (exact) mass is 241 g/mol. The minimum atomic E-state index is -0.948. The van der Waals surface area contributed by atoms with Gasteiger partial charge in [0.25, 0.3) is 0 Å². The number of nitrogens with zero attached hydrogens (tertiary/aromatic N) is 1. The predicted octanol–water partition coefficient (Wildman–Crippen LogP) is 3.56. The highest BCUT2D eigenvalue weighted by atomic mass is 16.6. The van der Waals surface area contributed by atoms with E-state index in [4.69, 9.17) is 9.84 Å². The Morgan fingerprint density at radius 2 is 1.88 bits per heavy atom. The molecule has 0 aromatic carbocycles. The minimum Gasteiger partial charge on any atom is -0.366 e. The van der Waals surface area contributed by atoms with Crippen molar-refractivity contribution in [1.29, 1.82) is 0 Å². The Hall–Kier alpha value is -0.930. The van der Waals surface area contributed by atoms with Gasteiger partial charge in [-0.1, -0.05) is 26.8 Å². The van der Waals surface area contributed by atoms with E-state index in [0.717, 1.165) is 12.1 Å². The molecule has 0 atom stereocenters. The molecule has 1 N–H and O–H groups in total. The zero-order valence-electron chi connectivity index (χ0n) is 12.0. The Kier molecular flexibility index (Phi) is 12.5. The number of aryl methyl sites for hydroxylation is 1. The van der Waals surface area contributed by atoms with Crippen LogP contribution < -0.4 is 0 Å². The molecule has 0 bridgehead atoms. The molecule has 0 saturated heterocycles. The summed E-state index contributed by atoms with van der Waals surface area (Å²) in [5.74, 6) is -0.948. The van der Waals surface area contributed by atoms with Gasteiger partial charge in [-0.05, 0) is 39.3 Å². The molecule has 1 aromatic rings. The van der Waals surface area contributed by atoms with E-state index in [1.165, 1.54) is 0 Å². The van der Waals surface area contributed by atoms with Crippen LogP contribution in [0.5, 0.6) is 0 Å². The van der Waals surface area contributed by atoms with Crippen molar-refractivity contribution in [3.63, 3.8) is 0 Å². The van der Waals surface area contributed by atoms with Gasteiger partial charge in [0.15, 0.2) is 5.79 Å². The van der Waals surface area contributed by atoms with E-state index in [1.54, 1.807) is 20.0 Å². The first kappa shape index (κ1) is 18.4. The molecule has 0 unspecified atom stereocenters. The Bertz CT molecular complexity index is 242. The molecule has 3 heteroatoms. The lowest BCUT2D eigenvalue weighted by molar-refractivity contribution is -0.175. The van der Waals surface area contributed by atoms with Gasteiger partial charge in [-0.2, -0.15) is 0 Å². The van der Waals surface area contributed by atoms with E-state index >= 15 is 0 Å². The Labute approximate surface area is 106 Å². The van der Waals surface area contributed by atoms with Crippen LogP contribution in [0.3, 0.4) is 0 Å². The van der Waals surface area contributed by atoms with Gasteiger partial charge in [0, 0.05) is 18.5 Å². The maximum Gasteiger partial charge on any atom is 0.159 e. The van der Waals surface area contributed by atoms with Crippen molar-refractivity contribution in [2.45, 2.75) is 53.8 Å². The van der Waals surface area contributed by atoms with Crippen LogP contribution in [0.2, 0.25) is 0 Å². The lowest BCUT2D eigenvalue weighted by atomic mass is 10.4. The summed E-state index contributed by atoms with van der Waals surface area (Å²) in [5.41, 5.74) is 1.07. The van der Waals surface area contributed by atoms with Gasteiger partial charge in [-0.25, -0.2) is 0 Å². The second-order valence-electron chi connectivity index (χ2n) is 3.77. The topological polar surface area (TPSA) is 42.4 Å². The number of rotatable bonds is 3. The first-order valence-electron chi connectivity index (χ1n) is 6.19. The second kappa shape index (κ2) is 11.6. The maximum absolute atomic E-state index is 8.93. The van der Waals surface area contributed by atoms with Crippen LogP contribution in [0.25, 0.3) is 0 Å². The second-order valence-corrected chi connectivity index (χ2v) is 3.77. The van der Waals surface area contributed by atoms with Gasteiger partial charge in [0.2, 0.25) is 0 Å². The molecule has 3 nitrogen and oxygen atoms in total. The zero-order chi connectivity index (χ0) is 13.7. The molecule has 0 spiro atoms. The number of hydrogen-bond donors (Lipinski definition) is 1. The third-order valence-corrected chi connectivity index (χ3v) is 1.47. The van der Waals surface area contributed by atoms with Crippen LogP contribution >= 0.6 is 0 Å². The van der Waals surface area contributed by atoms with E-state index in [2.05, 4.69) is 4.98 Å². The number of aliphatic hydroxyl groups is 1. The maximum atomic E-state index is 8.93. The molecule has 0 aliphatic heterocycles. The van der Waals surface area contributed by atoms with Crippen molar-refractivity contribution in [2.75, 3.05) is 6.61 Å². The number of ether oxygens (including phenoxy) is 1. The largest absolute Gasteiger partial charge is 0.366 e. The Morgan fingerprint density at radius 1 is 1.29 bits per heavy atom. The van der Waals surface area contributed by atoms with Crippen LogP contribution in [0.4, 0.5) is 0 Å². The number of pyridine rings is 1. The smallest absolute Gasteiger partial charge is 0.159 e. The fourth-order valence-electron chi connectivity index (χ4n) is 0.800. The lowest BCUT2D eigenvalue weighted by Gasteiger charge is -2.16. The molecular formula is C14H27NO2. The molecular weight excluding hydrogens is 214 g/mol. The average Bonchev–Trinajstić information content (AvgIpc) is 2.30. The van der Waals surface area contributed by atoms with Gasteiger partial charge < -0.3 is 9.84 Å². The van der Waals surface area contributed by atoms with Crippen LogP contribution in [0.15, 0.2) is 24.4 Å². The average molecular weight is 241 g/mol. The molecule has 0 aliphatic rings. The fraction of sp³-hybridized carbons (Fsp3) is 0.643. The third-order valence-electron chi connectivity index (χ3n) is 1.47. The molecule has 1 rings (SSSR count).